The number of alkyl halides is 3. The Kier molecular flexibility index (Phi) is 4.15. The van der Waals surface area contributed by atoms with Crippen molar-refractivity contribution in [3.05, 3.63) is 29.6 Å². The molecule has 1 N–H and O–H groups in total. The highest BCUT2D eigenvalue weighted by atomic mass is 19.4. The second-order valence-corrected chi connectivity index (χ2v) is 4.89. The number of rotatable bonds is 4. The zero-order valence-electron chi connectivity index (χ0n) is 11.3. The molecule has 1 aromatic heterocycles. The molecule has 0 saturated heterocycles. The van der Waals surface area contributed by atoms with Gasteiger partial charge in [-0.2, -0.15) is 18.2 Å². The van der Waals surface area contributed by atoms with E-state index in [2.05, 4.69) is 15.5 Å². The SMILES string of the molecule is CC(C)CNc1nc(-c2cc(F)ccc2C(F)(F)F)no1. The van der Waals surface area contributed by atoms with E-state index in [4.69, 9.17) is 4.52 Å². The van der Waals surface area contributed by atoms with Crippen molar-refractivity contribution < 1.29 is 22.1 Å². The summed E-state index contributed by atoms with van der Waals surface area (Å²) in [6, 6.07) is 2.13. The molecule has 0 aliphatic carbocycles. The van der Waals surface area contributed by atoms with Crippen molar-refractivity contribution in [2.45, 2.75) is 20.0 Å². The van der Waals surface area contributed by atoms with E-state index in [9.17, 15) is 17.6 Å². The Morgan fingerprint density at radius 1 is 1.29 bits per heavy atom. The van der Waals surface area contributed by atoms with Gasteiger partial charge in [0.05, 0.1) is 5.56 Å². The largest absolute Gasteiger partial charge is 0.417 e. The fraction of sp³-hybridized carbons (Fsp3) is 0.385. The third-order valence-electron chi connectivity index (χ3n) is 2.62. The van der Waals surface area contributed by atoms with Crippen molar-refractivity contribution in [2.75, 3.05) is 11.9 Å². The summed E-state index contributed by atoms with van der Waals surface area (Å²) in [6.45, 7) is 4.41. The van der Waals surface area contributed by atoms with E-state index in [1.165, 1.54) is 0 Å². The van der Waals surface area contributed by atoms with Gasteiger partial charge in [0.2, 0.25) is 5.82 Å². The lowest BCUT2D eigenvalue weighted by molar-refractivity contribution is -0.137. The number of nitrogens with one attached hydrogen (secondary N) is 1. The van der Waals surface area contributed by atoms with Crippen molar-refractivity contribution in [3.63, 3.8) is 0 Å². The van der Waals surface area contributed by atoms with Crippen LogP contribution in [0.15, 0.2) is 22.7 Å². The van der Waals surface area contributed by atoms with Crippen LogP contribution in [0.25, 0.3) is 11.4 Å². The van der Waals surface area contributed by atoms with E-state index in [0.29, 0.717) is 18.5 Å². The van der Waals surface area contributed by atoms with Crippen molar-refractivity contribution in [2.24, 2.45) is 5.92 Å². The second-order valence-electron chi connectivity index (χ2n) is 4.89. The summed E-state index contributed by atoms with van der Waals surface area (Å²) in [5.41, 5.74) is -1.47. The molecule has 2 aromatic rings. The molecule has 0 unspecified atom stereocenters. The van der Waals surface area contributed by atoms with Crippen LogP contribution in [0, 0.1) is 11.7 Å². The standard InChI is InChI=1S/C13H13F4N3O/c1-7(2)6-18-12-19-11(20-21-12)9-5-8(14)3-4-10(9)13(15,16)17/h3-5,7H,6H2,1-2H3,(H,18,19,20). The maximum Gasteiger partial charge on any atom is 0.417 e. The maximum absolute atomic E-state index is 13.2. The van der Waals surface area contributed by atoms with E-state index in [1.807, 2.05) is 13.8 Å². The third kappa shape index (κ3) is 3.71. The van der Waals surface area contributed by atoms with E-state index in [0.717, 1.165) is 12.1 Å². The number of benzene rings is 1. The van der Waals surface area contributed by atoms with Crippen LogP contribution >= 0.6 is 0 Å². The Bertz CT molecular complexity index is 622. The van der Waals surface area contributed by atoms with Gasteiger partial charge in [-0.1, -0.05) is 19.0 Å². The van der Waals surface area contributed by atoms with Gasteiger partial charge in [0.15, 0.2) is 0 Å². The lowest BCUT2D eigenvalue weighted by Gasteiger charge is -2.10. The van der Waals surface area contributed by atoms with Crippen LogP contribution < -0.4 is 5.32 Å². The first kappa shape index (κ1) is 15.3. The van der Waals surface area contributed by atoms with Crippen LogP contribution in [0.5, 0.6) is 0 Å². The van der Waals surface area contributed by atoms with E-state index >= 15 is 0 Å². The molecular weight excluding hydrogens is 290 g/mol. The van der Waals surface area contributed by atoms with Gasteiger partial charge >= 0.3 is 12.2 Å². The van der Waals surface area contributed by atoms with Gasteiger partial charge < -0.3 is 9.84 Å². The fourth-order valence-corrected chi connectivity index (χ4v) is 1.64. The van der Waals surface area contributed by atoms with Gasteiger partial charge in [0.1, 0.15) is 5.82 Å². The minimum atomic E-state index is -4.63. The van der Waals surface area contributed by atoms with Crippen LogP contribution in [0.1, 0.15) is 19.4 Å². The van der Waals surface area contributed by atoms with Gasteiger partial charge in [-0.25, -0.2) is 4.39 Å². The lowest BCUT2D eigenvalue weighted by atomic mass is 10.1. The average molecular weight is 303 g/mol. The van der Waals surface area contributed by atoms with Gasteiger partial charge in [0.25, 0.3) is 0 Å². The molecule has 0 saturated carbocycles. The van der Waals surface area contributed by atoms with Gasteiger partial charge in [-0.05, 0) is 24.1 Å². The minimum Gasteiger partial charge on any atom is -0.337 e. The van der Waals surface area contributed by atoms with Crippen LogP contribution in [-0.2, 0) is 6.18 Å². The molecule has 21 heavy (non-hydrogen) atoms. The van der Waals surface area contributed by atoms with E-state index in [1.54, 1.807) is 0 Å². The monoisotopic (exact) mass is 303 g/mol. The molecule has 0 fully saturated rings. The first-order valence-electron chi connectivity index (χ1n) is 6.22. The first-order chi connectivity index (χ1) is 9.77. The quantitative estimate of drug-likeness (QED) is 0.869. The Morgan fingerprint density at radius 3 is 2.62 bits per heavy atom. The molecule has 0 spiro atoms. The zero-order chi connectivity index (χ0) is 15.6. The summed E-state index contributed by atoms with van der Waals surface area (Å²) >= 11 is 0. The van der Waals surface area contributed by atoms with Crippen molar-refractivity contribution in [3.8, 4) is 11.4 Å². The smallest absolute Gasteiger partial charge is 0.337 e. The summed E-state index contributed by atoms with van der Waals surface area (Å²) in [5.74, 6) is -0.826. The lowest BCUT2D eigenvalue weighted by Crippen LogP contribution is -2.09. The molecule has 0 radical (unpaired) electrons. The van der Waals surface area contributed by atoms with Crippen molar-refractivity contribution >= 4 is 6.01 Å². The first-order valence-corrected chi connectivity index (χ1v) is 6.22. The molecule has 1 aromatic carbocycles. The Balaban J connectivity index is 2.35. The average Bonchev–Trinajstić information content (AvgIpc) is 2.83. The third-order valence-corrected chi connectivity index (χ3v) is 2.62. The maximum atomic E-state index is 13.2. The van der Waals surface area contributed by atoms with Crippen LogP contribution in [0.2, 0.25) is 0 Å². The predicted molar refractivity (Wildman–Crippen MR) is 68.0 cm³/mol. The molecule has 0 aliphatic heterocycles. The summed E-state index contributed by atoms with van der Waals surface area (Å²) in [6.07, 6.45) is -4.63. The molecule has 8 heteroatoms. The summed E-state index contributed by atoms with van der Waals surface area (Å²) in [4.78, 5) is 3.81. The van der Waals surface area contributed by atoms with Crippen molar-refractivity contribution in [1.29, 1.82) is 0 Å². The Hall–Kier alpha value is -2.12. The predicted octanol–water partition coefficient (Wildman–Crippen LogP) is 3.96. The summed E-state index contributed by atoms with van der Waals surface area (Å²) in [5, 5.41) is 6.26. The summed E-state index contributed by atoms with van der Waals surface area (Å²) < 4.78 is 56.7. The molecular formula is C13H13F4N3O. The molecule has 0 aliphatic rings. The highest BCUT2D eigenvalue weighted by molar-refractivity contribution is 5.61. The molecule has 1 heterocycles. The minimum absolute atomic E-state index is 0.00362. The Labute approximate surface area is 118 Å². The van der Waals surface area contributed by atoms with Crippen LogP contribution in [0.4, 0.5) is 23.6 Å². The molecule has 2 rings (SSSR count). The molecule has 0 bridgehead atoms. The second kappa shape index (κ2) is 5.71. The number of hydrogen-bond donors (Lipinski definition) is 1. The molecule has 0 amide bonds. The summed E-state index contributed by atoms with van der Waals surface area (Å²) in [7, 11) is 0. The number of anilines is 1. The number of hydrogen-bond acceptors (Lipinski definition) is 4. The molecule has 4 nitrogen and oxygen atoms in total. The van der Waals surface area contributed by atoms with Gasteiger partial charge in [-0.3, -0.25) is 0 Å². The van der Waals surface area contributed by atoms with E-state index < -0.39 is 23.1 Å². The van der Waals surface area contributed by atoms with Crippen LogP contribution in [0.3, 0.4) is 0 Å². The topological polar surface area (TPSA) is 51.0 Å². The fourth-order valence-electron chi connectivity index (χ4n) is 1.64. The Morgan fingerprint density at radius 2 is 2.00 bits per heavy atom. The van der Waals surface area contributed by atoms with E-state index in [-0.39, 0.29) is 11.8 Å². The normalized spacial score (nSPS) is 12.0. The highest BCUT2D eigenvalue weighted by Crippen LogP contribution is 2.36. The van der Waals surface area contributed by atoms with Gasteiger partial charge in [-0.15, -0.1) is 0 Å². The van der Waals surface area contributed by atoms with Crippen molar-refractivity contribution in [1.82, 2.24) is 10.1 Å². The zero-order valence-corrected chi connectivity index (χ0v) is 11.3. The van der Waals surface area contributed by atoms with Crippen LogP contribution in [-0.4, -0.2) is 16.7 Å². The molecule has 0 atom stereocenters. The number of nitrogens with zero attached hydrogens (tertiary/aromatic N) is 2. The molecule has 114 valence electrons. The number of aromatic nitrogens is 2. The van der Waals surface area contributed by atoms with Gasteiger partial charge in [0, 0.05) is 12.1 Å². The highest BCUT2D eigenvalue weighted by Gasteiger charge is 2.35. The number of halogens is 4.